The Balaban J connectivity index is 2.55. The Kier molecular flexibility index (Phi) is 4.73. The van der Waals surface area contributed by atoms with Gasteiger partial charge in [0.05, 0.1) is 6.61 Å². The first-order valence-electron chi connectivity index (χ1n) is 5.43. The molecule has 1 heterocycles. The highest BCUT2D eigenvalue weighted by molar-refractivity contribution is 5.68. The first-order valence-corrected chi connectivity index (χ1v) is 5.43. The number of rotatable bonds is 2. The molecular formula is C10H20N2O2. The molecule has 0 aromatic rings. The fourth-order valence-corrected chi connectivity index (χ4v) is 1.87. The monoisotopic (exact) mass is 200 g/mol. The van der Waals surface area contributed by atoms with E-state index in [1.807, 2.05) is 6.92 Å². The lowest BCUT2D eigenvalue weighted by Crippen LogP contribution is -2.44. The topological polar surface area (TPSA) is 55.6 Å². The van der Waals surface area contributed by atoms with Gasteiger partial charge in [-0.2, -0.15) is 0 Å². The fraction of sp³-hybridized carbons (Fsp3) is 0.900. The molecule has 1 unspecified atom stereocenters. The molecule has 0 radical (unpaired) electrons. The molecule has 0 bridgehead atoms. The Hall–Kier alpha value is -0.770. The summed E-state index contributed by atoms with van der Waals surface area (Å²) in [6.07, 6.45) is 4.22. The summed E-state index contributed by atoms with van der Waals surface area (Å²) in [4.78, 5) is 13.4. The largest absolute Gasteiger partial charge is 0.450 e. The van der Waals surface area contributed by atoms with E-state index in [0.717, 1.165) is 25.8 Å². The van der Waals surface area contributed by atoms with Crippen molar-refractivity contribution in [3.05, 3.63) is 0 Å². The van der Waals surface area contributed by atoms with E-state index in [1.54, 1.807) is 4.90 Å². The third-order valence-electron chi connectivity index (χ3n) is 2.65. The van der Waals surface area contributed by atoms with Crippen molar-refractivity contribution in [1.82, 2.24) is 4.90 Å². The molecule has 4 heteroatoms. The highest BCUT2D eigenvalue weighted by Gasteiger charge is 2.24. The molecule has 14 heavy (non-hydrogen) atoms. The molecule has 1 atom stereocenters. The number of likely N-dealkylation sites (tertiary alicyclic amines) is 1. The molecule has 82 valence electrons. The van der Waals surface area contributed by atoms with Crippen LogP contribution in [0.3, 0.4) is 0 Å². The highest BCUT2D eigenvalue weighted by atomic mass is 16.6. The summed E-state index contributed by atoms with van der Waals surface area (Å²) in [5.41, 5.74) is 5.65. The number of carbonyl (C=O) groups excluding carboxylic acids is 1. The maximum atomic E-state index is 11.6. The molecule has 0 aromatic carbocycles. The quantitative estimate of drug-likeness (QED) is 0.732. The SMILES string of the molecule is CCOC(=O)N1CCCCCC1CN. The second-order valence-corrected chi connectivity index (χ2v) is 3.63. The van der Waals surface area contributed by atoms with Crippen LogP contribution in [0.5, 0.6) is 0 Å². The van der Waals surface area contributed by atoms with Gasteiger partial charge in [0.2, 0.25) is 0 Å². The van der Waals surface area contributed by atoms with Crippen molar-refractivity contribution in [1.29, 1.82) is 0 Å². The Morgan fingerprint density at radius 2 is 2.29 bits per heavy atom. The normalized spacial score (nSPS) is 23.0. The number of hydrogen-bond donors (Lipinski definition) is 1. The molecular weight excluding hydrogens is 180 g/mol. The standard InChI is InChI=1S/C10H20N2O2/c1-2-14-10(13)12-7-5-3-4-6-9(12)8-11/h9H,2-8,11H2,1H3. The Labute approximate surface area is 85.4 Å². The van der Waals surface area contributed by atoms with Gasteiger partial charge < -0.3 is 15.4 Å². The van der Waals surface area contributed by atoms with E-state index < -0.39 is 0 Å². The van der Waals surface area contributed by atoms with Gasteiger partial charge in [0.25, 0.3) is 0 Å². The lowest BCUT2D eigenvalue weighted by atomic mass is 10.1. The van der Waals surface area contributed by atoms with Gasteiger partial charge in [-0.05, 0) is 19.8 Å². The zero-order chi connectivity index (χ0) is 10.4. The fourth-order valence-electron chi connectivity index (χ4n) is 1.87. The minimum absolute atomic E-state index is 0.177. The molecule has 0 aliphatic carbocycles. The Morgan fingerprint density at radius 3 is 2.93 bits per heavy atom. The summed E-state index contributed by atoms with van der Waals surface area (Å²) in [6.45, 7) is 3.60. The first kappa shape index (κ1) is 11.3. The molecule has 1 saturated heterocycles. The van der Waals surface area contributed by atoms with Gasteiger partial charge >= 0.3 is 6.09 Å². The molecule has 2 N–H and O–H groups in total. The van der Waals surface area contributed by atoms with Crippen molar-refractivity contribution in [3.63, 3.8) is 0 Å². The van der Waals surface area contributed by atoms with Crippen LogP contribution in [0.15, 0.2) is 0 Å². The van der Waals surface area contributed by atoms with Crippen LogP contribution in [-0.4, -0.2) is 36.7 Å². The van der Waals surface area contributed by atoms with Crippen molar-refractivity contribution < 1.29 is 9.53 Å². The number of hydrogen-bond acceptors (Lipinski definition) is 3. The van der Waals surface area contributed by atoms with Crippen LogP contribution in [0, 0.1) is 0 Å². The summed E-state index contributed by atoms with van der Waals surface area (Å²) < 4.78 is 5.00. The minimum atomic E-state index is -0.204. The van der Waals surface area contributed by atoms with E-state index in [9.17, 15) is 4.79 Å². The van der Waals surface area contributed by atoms with E-state index in [0.29, 0.717) is 13.2 Å². The minimum Gasteiger partial charge on any atom is -0.450 e. The summed E-state index contributed by atoms with van der Waals surface area (Å²) in [5, 5.41) is 0. The number of carbonyl (C=O) groups is 1. The van der Waals surface area contributed by atoms with Crippen LogP contribution in [0.2, 0.25) is 0 Å². The third kappa shape index (κ3) is 2.87. The third-order valence-corrected chi connectivity index (χ3v) is 2.65. The summed E-state index contributed by atoms with van der Waals surface area (Å²) in [7, 11) is 0. The molecule has 4 nitrogen and oxygen atoms in total. The van der Waals surface area contributed by atoms with Gasteiger partial charge in [-0.25, -0.2) is 4.79 Å². The summed E-state index contributed by atoms with van der Waals surface area (Å²) in [5.74, 6) is 0. The lowest BCUT2D eigenvalue weighted by Gasteiger charge is -2.27. The van der Waals surface area contributed by atoms with Crippen molar-refractivity contribution in [3.8, 4) is 0 Å². The molecule has 1 aliphatic heterocycles. The average molecular weight is 200 g/mol. The lowest BCUT2D eigenvalue weighted by molar-refractivity contribution is 0.0924. The van der Waals surface area contributed by atoms with Gasteiger partial charge in [0, 0.05) is 19.1 Å². The van der Waals surface area contributed by atoms with Crippen LogP contribution in [0.25, 0.3) is 0 Å². The summed E-state index contributed by atoms with van der Waals surface area (Å²) >= 11 is 0. The van der Waals surface area contributed by atoms with E-state index >= 15 is 0 Å². The zero-order valence-electron chi connectivity index (χ0n) is 8.87. The Bertz CT molecular complexity index is 185. The number of nitrogens with zero attached hydrogens (tertiary/aromatic N) is 1. The van der Waals surface area contributed by atoms with Gasteiger partial charge in [-0.15, -0.1) is 0 Å². The molecule has 0 spiro atoms. The van der Waals surface area contributed by atoms with E-state index in [-0.39, 0.29) is 12.1 Å². The predicted octanol–water partition coefficient (Wildman–Crippen LogP) is 1.35. The van der Waals surface area contributed by atoms with Crippen molar-refractivity contribution in [2.24, 2.45) is 5.73 Å². The smallest absolute Gasteiger partial charge is 0.410 e. The molecule has 1 aliphatic rings. The maximum Gasteiger partial charge on any atom is 0.410 e. The first-order chi connectivity index (χ1) is 6.79. The van der Waals surface area contributed by atoms with Crippen LogP contribution < -0.4 is 5.73 Å². The zero-order valence-corrected chi connectivity index (χ0v) is 8.87. The van der Waals surface area contributed by atoms with Crippen LogP contribution >= 0.6 is 0 Å². The van der Waals surface area contributed by atoms with E-state index in [4.69, 9.17) is 10.5 Å². The highest BCUT2D eigenvalue weighted by Crippen LogP contribution is 2.16. The molecule has 1 amide bonds. The van der Waals surface area contributed by atoms with Crippen LogP contribution in [0.4, 0.5) is 4.79 Å². The number of ether oxygens (including phenoxy) is 1. The van der Waals surface area contributed by atoms with Gasteiger partial charge in [0.1, 0.15) is 0 Å². The predicted molar refractivity (Wildman–Crippen MR) is 55.0 cm³/mol. The van der Waals surface area contributed by atoms with E-state index in [2.05, 4.69) is 0 Å². The molecule has 1 rings (SSSR count). The number of nitrogens with two attached hydrogens (primary N) is 1. The average Bonchev–Trinajstić information content (AvgIpc) is 2.42. The van der Waals surface area contributed by atoms with Crippen molar-refractivity contribution in [2.75, 3.05) is 19.7 Å². The van der Waals surface area contributed by atoms with Gasteiger partial charge in [-0.3, -0.25) is 0 Å². The maximum absolute atomic E-state index is 11.6. The molecule has 1 fully saturated rings. The van der Waals surface area contributed by atoms with Crippen LogP contribution in [0.1, 0.15) is 32.6 Å². The second-order valence-electron chi connectivity index (χ2n) is 3.63. The molecule has 0 saturated carbocycles. The molecule has 0 aromatic heterocycles. The van der Waals surface area contributed by atoms with Gasteiger partial charge in [-0.1, -0.05) is 12.8 Å². The van der Waals surface area contributed by atoms with Crippen molar-refractivity contribution in [2.45, 2.75) is 38.6 Å². The Morgan fingerprint density at radius 1 is 1.50 bits per heavy atom. The second kappa shape index (κ2) is 5.86. The van der Waals surface area contributed by atoms with Gasteiger partial charge in [0.15, 0.2) is 0 Å². The van der Waals surface area contributed by atoms with Crippen molar-refractivity contribution >= 4 is 6.09 Å². The van der Waals surface area contributed by atoms with Crippen LogP contribution in [-0.2, 0) is 4.74 Å². The summed E-state index contributed by atoms with van der Waals surface area (Å²) in [6, 6.07) is 0.177. The number of amides is 1. The van der Waals surface area contributed by atoms with E-state index in [1.165, 1.54) is 6.42 Å².